The molecule has 25 heavy (non-hydrogen) atoms. The smallest absolute Gasteiger partial charge is 0.227 e. The van der Waals surface area contributed by atoms with Gasteiger partial charge in [0, 0.05) is 28.8 Å². The molecule has 2 heterocycles. The third-order valence-electron chi connectivity index (χ3n) is 4.46. The van der Waals surface area contributed by atoms with Crippen molar-refractivity contribution in [2.24, 2.45) is 0 Å². The number of nitrogens with zero attached hydrogens (tertiary/aromatic N) is 3. The van der Waals surface area contributed by atoms with E-state index in [4.69, 9.17) is 16.7 Å². The van der Waals surface area contributed by atoms with Crippen LogP contribution in [0.1, 0.15) is 24.5 Å². The molecular formula is C20H18ClN3O. The zero-order valence-electron chi connectivity index (χ0n) is 13.9. The topological polar surface area (TPSA) is 38.1 Å². The van der Waals surface area contributed by atoms with E-state index in [2.05, 4.69) is 12.1 Å². The summed E-state index contributed by atoms with van der Waals surface area (Å²) in [4.78, 5) is 14.2. The Morgan fingerprint density at radius 3 is 2.76 bits per heavy atom. The summed E-state index contributed by atoms with van der Waals surface area (Å²) in [6.07, 6.45) is 2.50. The molecule has 5 heteroatoms. The van der Waals surface area contributed by atoms with E-state index in [1.54, 1.807) is 0 Å². The number of carbonyl (C=O) groups is 1. The van der Waals surface area contributed by atoms with Crippen LogP contribution in [0.5, 0.6) is 0 Å². The molecule has 0 atom stereocenters. The minimum Gasteiger partial charge on any atom is -0.307 e. The molecule has 0 saturated carbocycles. The fraction of sp³-hybridized carbons (Fsp3) is 0.200. The number of hydrogen-bond acceptors (Lipinski definition) is 2. The fourth-order valence-corrected chi connectivity index (χ4v) is 3.43. The zero-order valence-corrected chi connectivity index (χ0v) is 14.7. The second-order valence-electron chi connectivity index (χ2n) is 6.18. The highest BCUT2D eigenvalue weighted by Gasteiger charge is 2.28. The molecule has 3 aromatic rings. The van der Waals surface area contributed by atoms with Crippen molar-refractivity contribution in [2.45, 2.75) is 26.4 Å². The van der Waals surface area contributed by atoms with Crippen LogP contribution in [-0.2, 0) is 17.9 Å². The predicted molar refractivity (Wildman–Crippen MR) is 99.7 cm³/mol. The van der Waals surface area contributed by atoms with Crippen LogP contribution in [-0.4, -0.2) is 15.7 Å². The first-order valence-corrected chi connectivity index (χ1v) is 8.74. The molecule has 0 spiro atoms. The number of rotatable bonds is 3. The van der Waals surface area contributed by atoms with Crippen molar-refractivity contribution >= 4 is 23.2 Å². The zero-order chi connectivity index (χ0) is 17.4. The van der Waals surface area contributed by atoms with Crippen molar-refractivity contribution in [1.82, 2.24) is 9.78 Å². The molecule has 0 N–H and O–H groups in total. The number of carbonyl (C=O) groups excluding carboxylic acids is 1. The molecule has 0 radical (unpaired) electrons. The van der Waals surface area contributed by atoms with Crippen LogP contribution in [0.2, 0.25) is 5.02 Å². The monoisotopic (exact) mass is 351 g/mol. The number of amides is 1. The van der Waals surface area contributed by atoms with Gasteiger partial charge in [-0.1, -0.05) is 48.9 Å². The molecule has 0 saturated heterocycles. The van der Waals surface area contributed by atoms with Crippen molar-refractivity contribution in [2.75, 3.05) is 4.90 Å². The van der Waals surface area contributed by atoms with Gasteiger partial charge in [0.1, 0.15) is 0 Å². The lowest BCUT2D eigenvalue weighted by molar-refractivity contribution is -0.118. The van der Waals surface area contributed by atoms with Gasteiger partial charge in [0.05, 0.1) is 24.5 Å². The van der Waals surface area contributed by atoms with Gasteiger partial charge < -0.3 is 4.90 Å². The van der Waals surface area contributed by atoms with Crippen LogP contribution < -0.4 is 4.90 Å². The minimum atomic E-state index is 0.102. The first-order valence-electron chi connectivity index (χ1n) is 8.36. The van der Waals surface area contributed by atoms with E-state index in [9.17, 15) is 4.79 Å². The Labute approximate surface area is 151 Å². The molecule has 1 aliphatic heterocycles. The Bertz CT molecular complexity index is 933. The van der Waals surface area contributed by atoms with Crippen LogP contribution in [0, 0.1) is 0 Å². The van der Waals surface area contributed by atoms with Crippen LogP contribution in [0.4, 0.5) is 5.69 Å². The molecule has 0 aliphatic carbocycles. The van der Waals surface area contributed by atoms with Crippen molar-refractivity contribution < 1.29 is 4.79 Å². The minimum absolute atomic E-state index is 0.102. The molecule has 1 aliphatic rings. The van der Waals surface area contributed by atoms with Gasteiger partial charge in [-0.25, -0.2) is 0 Å². The number of hydrogen-bond donors (Lipinski definition) is 0. The average molecular weight is 352 g/mol. The highest BCUT2D eigenvalue weighted by atomic mass is 35.5. The Hall–Kier alpha value is -2.59. The van der Waals surface area contributed by atoms with Gasteiger partial charge in [0.25, 0.3) is 0 Å². The molecule has 126 valence electrons. The van der Waals surface area contributed by atoms with Gasteiger partial charge >= 0.3 is 0 Å². The van der Waals surface area contributed by atoms with E-state index in [1.807, 2.05) is 59.1 Å². The van der Waals surface area contributed by atoms with E-state index in [0.717, 1.165) is 22.5 Å². The molecule has 2 aromatic carbocycles. The lowest BCUT2D eigenvalue weighted by Gasteiger charge is -2.28. The van der Waals surface area contributed by atoms with Crippen LogP contribution >= 0.6 is 11.6 Å². The standard InChI is InChI=1S/C20H18ClN3O/c1-2-19(25)24-13-15-12-23(11-14-6-4-3-5-7-14)22-20(15)17-10-16(21)8-9-18(17)24/h3-10,12H,2,11,13H2,1H3. The lowest BCUT2D eigenvalue weighted by atomic mass is 10.00. The maximum absolute atomic E-state index is 12.4. The van der Waals surface area contributed by atoms with E-state index >= 15 is 0 Å². The normalized spacial score (nSPS) is 12.6. The summed E-state index contributed by atoms with van der Waals surface area (Å²) in [5.41, 5.74) is 4.95. The molecule has 4 nitrogen and oxygen atoms in total. The molecule has 4 rings (SSSR count). The van der Waals surface area contributed by atoms with Crippen molar-refractivity contribution in [3.05, 3.63) is 70.9 Å². The Morgan fingerprint density at radius 1 is 1.20 bits per heavy atom. The lowest BCUT2D eigenvalue weighted by Crippen LogP contribution is -2.32. The van der Waals surface area contributed by atoms with E-state index in [1.165, 1.54) is 5.56 Å². The Morgan fingerprint density at radius 2 is 2.00 bits per heavy atom. The maximum Gasteiger partial charge on any atom is 0.227 e. The predicted octanol–water partition coefficient (Wildman–Crippen LogP) is 4.51. The second kappa shape index (κ2) is 6.37. The van der Waals surface area contributed by atoms with E-state index in [0.29, 0.717) is 24.5 Å². The van der Waals surface area contributed by atoms with Gasteiger partial charge in [-0.05, 0) is 23.8 Å². The number of benzene rings is 2. The molecule has 1 amide bonds. The highest BCUT2D eigenvalue weighted by Crippen LogP contribution is 2.40. The second-order valence-corrected chi connectivity index (χ2v) is 6.62. The van der Waals surface area contributed by atoms with Crippen LogP contribution in [0.15, 0.2) is 54.7 Å². The van der Waals surface area contributed by atoms with Crippen LogP contribution in [0.25, 0.3) is 11.3 Å². The van der Waals surface area contributed by atoms with Gasteiger partial charge in [0.2, 0.25) is 5.91 Å². The first kappa shape index (κ1) is 15.9. The summed E-state index contributed by atoms with van der Waals surface area (Å²) < 4.78 is 1.94. The van der Waals surface area contributed by atoms with Crippen molar-refractivity contribution in [1.29, 1.82) is 0 Å². The molecular weight excluding hydrogens is 334 g/mol. The van der Waals surface area contributed by atoms with Crippen LogP contribution in [0.3, 0.4) is 0 Å². The summed E-state index contributed by atoms with van der Waals surface area (Å²) in [5, 5.41) is 5.41. The van der Waals surface area contributed by atoms with Crippen molar-refractivity contribution in [3.8, 4) is 11.3 Å². The molecule has 1 aromatic heterocycles. The number of fused-ring (bicyclic) bond motifs is 3. The Kier molecular flexibility index (Phi) is 4.06. The summed E-state index contributed by atoms with van der Waals surface area (Å²) in [5.74, 6) is 0.102. The summed E-state index contributed by atoms with van der Waals surface area (Å²) in [6.45, 7) is 3.13. The molecule has 0 bridgehead atoms. The third-order valence-corrected chi connectivity index (χ3v) is 4.70. The quantitative estimate of drug-likeness (QED) is 0.696. The van der Waals surface area contributed by atoms with E-state index in [-0.39, 0.29) is 5.91 Å². The number of halogens is 1. The maximum atomic E-state index is 12.4. The van der Waals surface area contributed by atoms with Gasteiger partial charge in [-0.2, -0.15) is 5.10 Å². The largest absolute Gasteiger partial charge is 0.307 e. The fourth-order valence-electron chi connectivity index (χ4n) is 3.26. The summed E-state index contributed by atoms with van der Waals surface area (Å²) in [7, 11) is 0. The third kappa shape index (κ3) is 2.94. The SMILES string of the molecule is CCC(=O)N1Cc2cn(Cc3ccccc3)nc2-c2cc(Cl)ccc21. The van der Waals surface area contributed by atoms with Crippen molar-refractivity contribution in [3.63, 3.8) is 0 Å². The van der Waals surface area contributed by atoms with E-state index < -0.39 is 0 Å². The molecule has 0 fully saturated rings. The van der Waals surface area contributed by atoms with Gasteiger partial charge in [-0.3, -0.25) is 9.48 Å². The molecule has 0 unspecified atom stereocenters. The summed E-state index contributed by atoms with van der Waals surface area (Å²) >= 11 is 6.20. The summed E-state index contributed by atoms with van der Waals surface area (Å²) in [6, 6.07) is 15.8. The Balaban J connectivity index is 1.77. The number of anilines is 1. The van der Waals surface area contributed by atoms with Gasteiger partial charge in [-0.15, -0.1) is 0 Å². The average Bonchev–Trinajstić information content (AvgIpc) is 3.03. The first-order chi connectivity index (χ1) is 12.2. The number of aromatic nitrogens is 2. The van der Waals surface area contributed by atoms with Gasteiger partial charge in [0.15, 0.2) is 0 Å². The highest BCUT2D eigenvalue weighted by molar-refractivity contribution is 6.31.